The normalized spacial score (nSPS) is 32.9. The summed E-state index contributed by atoms with van der Waals surface area (Å²) in [6.45, 7) is 13.8. The van der Waals surface area contributed by atoms with Crippen molar-refractivity contribution in [2.45, 2.75) is 46.0 Å². The summed E-state index contributed by atoms with van der Waals surface area (Å²) in [5.41, 5.74) is 0.402. The molecule has 0 amide bonds. The summed E-state index contributed by atoms with van der Waals surface area (Å²) in [7, 11) is 1.91. The van der Waals surface area contributed by atoms with Crippen LogP contribution >= 0.6 is 24.0 Å². The van der Waals surface area contributed by atoms with Crippen LogP contribution in [-0.2, 0) is 4.74 Å². The van der Waals surface area contributed by atoms with Crippen molar-refractivity contribution >= 4 is 29.9 Å². The van der Waals surface area contributed by atoms with Gasteiger partial charge in [-0.2, -0.15) is 0 Å². The molecule has 152 valence electrons. The van der Waals surface area contributed by atoms with Gasteiger partial charge in [-0.05, 0) is 50.5 Å². The maximum atomic E-state index is 5.64. The van der Waals surface area contributed by atoms with E-state index in [4.69, 9.17) is 4.74 Å². The lowest BCUT2D eigenvalue weighted by Crippen LogP contribution is -2.42. The Bertz CT molecular complexity index is 443. The van der Waals surface area contributed by atoms with Crippen LogP contribution in [0.5, 0.6) is 0 Å². The van der Waals surface area contributed by atoms with Crippen LogP contribution in [-0.4, -0.2) is 75.3 Å². The van der Waals surface area contributed by atoms with Crippen LogP contribution in [0.25, 0.3) is 0 Å². The van der Waals surface area contributed by atoms with Crippen LogP contribution < -0.4 is 5.32 Å². The van der Waals surface area contributed by atoms with Crippen molar-refractivity contribution in [3.63, 3.8) is 0 Å². The minimum absolute atomic E-state index is 0. The van der Waals surface area contributed by atoms with Gasteiger partial charge < -0.3 is 19.9 Å². The molecule has 0 radical (unpaired) electrons. The molecule has 0 aromatic heterocycles. The van der Waals surface area contributed by atoms with Gasteiger partial charge in [0.05, 0.1) is 6.61 Å². The van der Waals surface area contributed by atoms with Gasteiger partial charge in [0.25, 0.3) is 0 Å². The molecule has 3 unspecified atom stereocenters. The molecule has 6 heteroatoms. The van der Waals surface area contributed by atoms with Gasteiger partial charge >= 0.3 is 0 Å². The van der Waals surface area contributed by atoms with Crippen LogP contribution in [0.4, 0.5) is 0 Å². The van der Waals surface area contributed by atoms with E-state index in [2.05, 4.69) is 34.0 Å². The van der Waals surface area contributed by atoms with Gasteiger partial charge in [0.1, 0.15) is 0 Å². The first-order valence-corrected chi connectivity index (χ1v) is 10.4. The van der Waals surface area contributed by atoms with E-state index in [0.717, 1.165) is 50.6 Å². The van der Waals surface area contributed by atoms with E-state index in [-0.39, 0.29) is 24.0 Å². The van der Waals surface area contributed by atoms with E-state index < -0.39 is 0 Å². The Kier molecular flexibility index (Phi) is 8.94. The minimum atomic E-state index is 0. The third kappa shape index (κ3) is 5.96. The van der Waals surface area contributed by atoms with Gasteiger partial charge in [0.2, 0.25) is 0 Å². The summed E-state index contributed by atoms with van der Waals surface area (Å²) in [6, 6.07) is 0. The third-order valence-electron chi connectivity index (χ3n) is 6.26. The second kappa shape index (κ2) is 10.5. The smallest absolute Gasteiger partial charge is 0.193 e. The molecule has 5 nitrogen and oxygen atoms in total. The number of hydrogen-bond donors (Lipinski definition) is 1. The lowest BCUT2D eigenvalue weighted by atomic mass is 9.87. The van der Waals surface area contributed by atoms with Crippen LogP contribution in [0.1, 0.15) is 46.0 Å². The molecule has 3 heterocycles. The summed E-state index contributed by atoms with van der Waals surface area (Å²) < 4.78 is 5.64. The van der Waals surface area contributed by atoms with E-state index >= 15 is 0 Å². The van der Waals surface area contributed by atoms with Crippen molar-refractivity contribution < 1.29 is 4.74 Å². The predicted molar refractivity (Wildman–Crippen MR) is 119 cm³/mol. The van der Waals surface area contributed by atoms with Crippen molar-refractivity contribution in [2.75, 3.05) is 59.5 Å². The average Bonchev–Trinajstić information content (AvgIpc) is 3.20. The summed E-state index contributed by atoms with van der Waals surface area (Å²) in [6.07, 6.45) is 6.37. The summed E-state index contributed by atoms with van der Waals surface area (Å²) >= 11 is 0. The Morgan fingerprint density at radius 2 is 1.96 bits per heavy atom. The molecule has 0 aromatic rings. The van der Waals surface area contributed by atoms with Gasteiger partial charge in [0, 0.05) is 51.8 Å². The number of guanidine groups is 1. The monoisotopic (exact) mass is 478 g/mol. The zero-order chi connectivity index (χ0) is 17.7. The number of hydrogen-bond acceptors (Lipinski definition) is 3. The summed E-state index contributed by atoms with van der Waals surface area (Å²) in [4.78, 5) is 9.61. The first kappa shape index (κ1) is 22.2. The summed E-state index contributed by atoms with van der Waals surface area (Å²) in [5.74, 6) is 2.81. The highest BCUT2D eigenvalue weighted by Crippen LogP contribution is 2.38. The Balaban J connectivity index is 0.00000243. The molecule has 0 aromatic carbocycles. The van der Waals surface area contributed by atoms with Gasteiger partial charge in [0.15, 0.2) is 5.96 Å². The lowest BCUT2D eigenvalue weighted by molar-refractivity contribution is 0.139. The zero-order valence-electron chi connectivity index (χ0n) is 17.0. The highest BCUT2D eigenvalue weighted by Gasteiger charge is 2.42. The highest BCUT2D eigenvalue weighted by atomic mass is 127. The Hall–Kier alpha value is -0.0800. The van der Waals surface area contributed by atoms with Gasteiger partial charge in [-0.15, -0.1) is 24.0 Å². The number of rotatable bonds is 5. The zero-order valence-corrected chi connectivity index (χ0v) is 19.3. The number of nitrogens with one attached hydrogen (secondary N) is 1. The Morgan fingerprint density at radius 3 is 2.62 bits per heavy atom. The molecule has 1 N–H and O–H groups in total. The second-order valence-electron chi connectivity index (χ2n) is 8.86. The first-order chi connectivity index (χ1) is 12.1. The van der Waals surface area contributed by atoms with E-state index in [0.29, 0.717) is 5.41 Å². The van der Waals surface area contributed by atoms with Crippen molar-refractivity contribution in [2.24, 2.45) is 22.2 Å². The molecular weight excluding hydrogens is 439 g/mol. The largest absolute Gasteiger partial charge is 0.381 e. The number of likely N-dealkylation sites (tertiary alicyclic amines) is 2. The molecular formula is C20H39IN4O. The molecule has 3 rings (SSSR count). The van der Waals surface area contributed by atoms with Crippen LogP contribution in [0, 0.1) is 17.3 Å². The summed E-state index contributed by atoms with van der Waals surface area (Å²) in [5, 5.41) is 3.59. The van der Waals surface area contributed by atoms with E-state index in [1.165, 1.54) is 51.7 Å². The van der Waals surface area contributed by atoms with E-state index in [1.807, 2.05) is 7.05 Å². The van der Waals surface area contributed by atoms with Crippen molar-refractivity contribution in [3.05, 3.63) is 0 Å². The number of halogens is 1. The molecule has 0 aliphatic carbocycles. The second-order valence-corrected chi connectivity index (χ2v) is 8.86. The molecule has 3 fully saturated rings. The number of aliphatic imine (C=N–C) groups is 1. The Morgan fingerprint density at radius 1 is 1.19 bits per heavy atom. The van der Waals surface area contributed by atoms with Gasteiger partial charge in [-0.1, -0.05) is 13.8 Å². The van der Waals surface area contributed by atoms with Crippen molar-refractivity contribution in [3.8, 4) is 0 Å². The van der Waals surface area contributed by atoms with Crippen LogP contribution in [0.15, 0.2) is 4.99 Å². The molecule has 3 atom stereocenters. The molecule has 3 aliphatic rings. The number of piperidine rings is 1. The fourth-order valence-electron chi connectivity index (χ4n) is 5.05. The molecule has 1 spiro atoms. The van der Waals surface area contributed by atoms with Crippen molar-refractivity contribution in [1.82, 2.24) is 15.1 Å². The Labute approximate surface area is 177 Å². The van der Waals surface area contributed by atoms with E-state index in [1.54, 1.807) is 0 Å². The van der Waals surface area contributed by atoms with Gasteiger partial charge in [-0.3, -0.25) is 4.99 Å². The number of nitrogens with zero attached hydrogens (tertiary/aromatic N) is 3. The third-order valence-corrected chi connectivity index (χ3v) is 6.26. The average molecular weight is 478 g/mol. The molecule has 26 heavy (non-hydrogen) atoms. The van der Waals surface area contributed by atoms with Crippen LogP contribution in [0.2, 0.25) is 0 Å². The minimum Gasteiger partial charge on any atom is -0.381 e. The number of unbranched alkanes of at least 4 members (excludes halogenated alkanes) is 1. The van der Waals surface area contributed by atoms with Crippen molar-refractivity contribution in [1.29, 1.82) is 0 Å². The maximum absolute atomic E-state index is 5.64. The molecule has 0 bridgehead atoms. The fourth-order valence-corrected chi connectivity index (χ4v) is 5.05. The lowest BCUT2D eigenvalue weighted by Gasteiger charge is -2.35. The fraction of sp³-hybridized carbons (Fsp3) is 0.950. The van der Waals surface area contributed by atoms with Crippen LogP contribution in [0.3, 0.4) is 0 Å². The molecule has 3 aliphatic heterocycles. The maximum Gasteiger partial charge on any atom is 0.193 e. The SMILES string of the molecule is CN=C(NCCCCN1CC(C)CC(C)C1)N1CCC2(CCOC2)C1.I. The highest BCUT2D eigenvalue weighted by molar-refractivity contribution is 14.0. The van der Waals surface area contributed by atoms with E-state index in [9.17, 15) is 0 Å². The molecule has 3 saturated heterocycles. The predicted octanol–water partition coefficient (Wildman–Crippen LogP) is 3.05. The standard InChI is InChI=1S/C20H38N4O.HI/c1-17-12-18(2)14-23(13-17)9-5-4-8-22-19(21-3)24-10-6-20(15-24)7-11-25-16-20;/h17-18H,4-16H2,1-3H3,(H,21,22);1H. The quantitative estimate of drug-likeness (QED) is 0.286. The van der Waals surface area contributed by atoms with Gasteiger partial charge in [-0.25, -0.2) is 0 Å². The topological polar surface area (TPSA) is 40.1 Å². The molecule has 0 saturated carbocycles. The number of ether oxygens (including phenoxy) is 1. The first-order valence-electron chi connectivity index (χ1n) is 10.4.